The molecule has 2 fully saturated rings. The normalized spacial score (nSPS) is 21.4. The highest BCUT2D eigenvalue weighted by molar-refractivity contribution is 5.99. The van der Waals surface area contributed by atoms with Crippen molar-refractivity contribution < 1.29 is 9.53 Å². The molecule has 5 heteroatoms. The predicted molar refractivity (Wildman–Crippen MR) is 92.3 cm³/mol. The lowest BCUT2D eigenvalue weighted by Gasteiger charge is -2.32. The summed E-state index contributed by atoms with van der Waals surface area (Å²) in [6.07, 6.45) is 6.58. The van der Waals surface area contributed by atoms with Crippen LogP contribution in [0.25, 0.3) is 5.52 Å². The van der Waals surface area contributed by atoms with Gasteiger partial charge in [-0.25, -0.2) is 4.98 Å². The lowest BCUT2D eigenvalue weighted by atomic mass is 9.98. The van der Waals surface area contributed by atoms with Crippen LogP contribution in [0.4, 0.5) is 0 Å². The van der Waals surface area contributed by atoms with Crippen LogP contribution >= 0.6 is 0 Å². The highest BCUT2D eigenvalue weighted by atomic mass is 16.5. The van der Waals surface area contributed by atoms with Gasteiger partial charge in [0, 0.05) is 31.8 Å². The molecular formula is C19H25N3O2. The molecule has 0 N–H and O–H groups in total. The van der Waals surface area contributed by atoms with Gasteiger partial charge in [0.2, 0.25) is 0 Å². The summed E-state index contributed by atoms with van der Waals surface area (Å²) in [7, 11) is 0. The second kappa shape index (κ2) is 6.55. The van der Waals surface area contributed by atoms with E-state index >= 15 is 0 Å². The maximum atomic E-state index is 13.1. The molecule has 5 nitrogen and oxygen atoms in total. The fourth-order valence-electron chi connectivity index (χ4n) is 3.67. The molecule has 0 spiro atoms. The zero-order valence-corrected chi connectivity index (χ0v) is 14.3. The first kappa shape index (κ1) is 15.6. The molecule has 0 radical (unpaired) electrons. The van der Waals surface area contributed by atoms with Gasteiger partial charge in [-0.3, -0.25) is 4.79 Å². The van der Waals surface area contributed by atoms with Gasteiger partial charge in [0.15, 0.2) is 5.69 Å². The number of pyridine rings is 1. The Morgan fingerprint density at radius 3 is 3.00 bits per heavy atom. The van der Waals surface area contributed by atoms with E-state index in [1.54, 1.807) is 0 Å². The second-order valence-corrected chi connectivity index (χ2v) is 6.97. The number of ether oxygens (including phenoxy) is 1. The van der Waals surface area contributed by atoms with Crippen molar-refractivity contribution in [3.63, 3.8) is 0 Å². The highest BCUT2D eigenvalue weighted by Gasteiger charge is 2.32. The van der Waals surface area contributed by atoms with E-state index in [0.29, 0.717) is 17.5 Å². The van der Waals surface area contributed by atoms with E-state index in [4.69, 9.17) is 9.72 Å². The van der Waals surface area contributed by atoms with E-state index in [0.717, 1.165) is 50.5 Å². The number of piperidine rings is 1. The number of imidazole rings is 1. The summed E-state index contributed by atoms with van der Waals surface area (Å²) in [6.45, 7) is 5.11. The zero-order chi connectivity index (χ0) is 16.5. The van der Waals surface area contributed by atoms with Gasteiger partial charge in [-0.2, -0.15) is 0 Å². The van der Waals surface area contributed by atoms with Gasteiger partial charge in [0.25, 0.3) is 5.91 Å². The molecule has 3 heterocycles. The van der Waals surface area contributed by atoms with Crippen molar-refractivity contribution in [2.45, 2.75) is 38.5 Å². The molecule has 1 saturated carbocycles. The van der Waals surface area contributed by atoms with E-state index in [-0.39, 0.29) is 5.91 Å². The average molecular weight is 327 g/mol. The monoisotopic (exact) mass is 327 g/mol. The van der Waals surface area contributed by atoms with Gasteiger partial charge < -0.3 is 14.0 Å². The smallest absolute Gasteiger partial charge is 0.274 e. The number of nitrogens with zero attached hydrogens (tertiary/aromatic N) is 3. The number of hydrogen-bond acceptors (Lipinski definition) is 3. The molecule has 1 amide bonds. The molecule has 0 aromatic carbocycles. The van der Waals surface area contributed by atoms with Crippen molar-refractivity contribution in [1.29, 1.82) is 0 Å². The standard InChI is InChI=1S/C19H25N3O2/c1-2-24-13-14-6-5-10-21(12-14)19(23)17-16-7-3-4-11-22(16)18(20-17)15-8-9-15/h3-4,7,11,14-15H,2,5-6,8-10,12-13H2,1H3. The van der Waals surface area contributed by atoms with Crippen LogP contribution in [0, 0.1) is 5.92 Å². The predicted octanol–water partition coefficient (Wildman–Crippen LogP) is 3.10. The van der Waals surface area contributed by atoms with E-state index in [2.05, 4.69) is 4.40 Å². The van der Waals surface area contributed by atoms with Gasteiger partial charge in [-0.1, -0.05) is 6.07 Å². The molecule has 1 saturated heterocycles. The lowest BCUT2D eigenvalue weighted by molar-refractivity contribution is 0.0498. The number of rotatable bonds is 5. The van der Waals surface area contributed by atoms with Crippen LogP contribution in [0.1, 0.15) is 54.8 Å². The van der Waals surface area contributed by atoms with Gasteiger partial charge in [-0.05, 0) is 50.7 Å². The maximum absolute atomic E-state index is 13.1. The van der Waals surface area contributed by atoms with Gasteiger partial charge in [-0.15, -0.1) is 0 Å². The van der Waals surface area contributed by atoms with Crippen LogP contribution in [0.3, 0.4) is 0 Å². The Morgan fingerprint density at radius 2 is 2.21 bits per heavy atom. The number of aromatic nitrogens is 2. The topological polar surface area (TPSA) is 46.8 Å². The zero-order valence-electron chi connectivity index (χ0n) is 14.3. The number of amides is 1. The number of fused-ring (bicyclic) bond motifs is 1. The van der Waals surface area contributed by atoms with Crippen molar-refractivity contribution in [2.75, 3.05) is 26.3 Å². The third-order valence-corrected chi connectivity index (χ3v) is 5.08. The van der Waals surface area contributed by atoms with Crippen molar-refractivity contribution in [2.24, 2.45) is 5.92 Å². The van der Waals surface area contributed by atoms with Crippen LogP contribution in [0.2, 0.25) is 0 Å². The first-order valence-corrected chi connectivity index (χ1v) is 9.12. The minimum Gasteiger partial charge on any atom is -0.381 e. The third-order valence-electron chi connectivity index (χ3n) is 5.08. The first-order valence-electron chi connectivity index (χ1n) is 9.12. The number of hydrogen-bond donors (Lipinski definition) is 0. The van der Waals surface area contributed by atoms with Crippen LogP contribution in [-0.2, 0) is 4.74 Å². The van der Waals surface area contributed by atoms with Gasteiger partial charge in [0.05, 0.1) is 12.1 Å². The quantitative estimate of drug-likeness (QED) is 0.848. The van der Waals surface area contributed by atoms with E-state index in [1.165, 1.54) is 12.8 Å². The first-order chi connectivity index (χ1) is 11.8. The Kier molecular flexibility index (Phi) is 4.27. The number of likely N-dealkylation sites (tertiary alicyclic amines) is 1. The summed E-state index contributed by atoms with van der Waals surface area (Å²) in [5.74, 6) is 2.09. The van der Waals surface area contributed by atoms with Gasteiger partial charge >= 0.3 is 0 Å². The summed E-state index contributed by atoms with van der Waals surface area (Å²) in [5, 5.41) is 0. The Labute approximate surface area is 142 Å². The van der Waals surface area contributed by atoms with E-state index < -0.39 is 0 Å². The van der Waals surface area contributed by atoms with Gasteiger partial charge in [0.1, 0.15) is 5.82 Å². The van der Waals surface area contributed by atoms with Crippen LogP contribution in [0.15, 0.2) is 24.4 Å². The largest absolute Gasteiger partial charge is 0.381 e. The SMILES string of the molecule is CCOCC1CCCN(C(=O)c2nc(C3CC3)n3ccccc23)C1. The van der Waals surface area contributed by atoms with E-state index in [9.17, 15) is 4.79 Å². The Hall–Kier alpha value is -1.88. The molecule has 128 valence electrons. The highest BCUT2D eigenvalue weighted by Crippen LogP contribution is 2.40. The molecule has 4 rings (SSSR count). The molecular weight excluding hydrogens is 302 g/mol. The van der Waals surface area contributed by atoms with Crippen molar-refractivity contribution in [3.05, 3.63) is 35.9 Å². The Bertz CT molecular complexity index is 735. The number of carbonyl (C=O) groups excluding carboxylic acids is 1. The molecule has 1 aliphatic carbocycles. The fourth-order valence-corrected chi connectivity index (χ4v) is 3.67. The summed E-state index contributed by atoms with van der Waals surface area (Å²) in [6, 6.07) is 6.00. The van der Waals surface area contributed by atoms with Crippen molar-refractivity contribution >= 4 is 11.4 Å². The minimum atomic E-state index is 0.0757. The van der Waals surface area contributed by atoms with Crippen LogP contribution < -0.4 is 0 Å². The molecule has 2 aromatic heterocycles. The molecule has 1 atom stereocenters. The molecule has 24 heavy (non-hydrogen) atoms. The maximum Gasteiger partial charge on any atom is 0.274 e. The molecule has 2 aromatic rings. The fraction of sp³-hybridized carbons (Fsp3) is 0.579. The molecule has 0 bridgehead atoms. The van der Waals surface area contributed by atoms with E-state index in [1.807, 2.05) is 36.2 Å². The molecule has 1 unspecified atom stereocenters. The summed E-state index contributed by atoms with van der Waals surface area (Å²) in [4.78, 5) is 19.8. The Morgan fingerprint density at radius 1 is 1.33 bits per heavy atom. The van der Waals surface area contributed by atoms with Crippen molar-refractivity contribution in [1.82, 2.24) is 14.3 Å². The summed E-state index contributed by atoms with van der Waals surface area (Å²) < 4.78 is 7.67. The van der Waals surface area contributed by atoms with Crippen molar-refractivity contribution in [3.8, 4) is 0 Å². The lowest BCUT2D eigenvalue weighted by Crippen LogP contribution is -2.41. The Balaban J connectivity index is 1.59. The number of carbonyl (C=O) groups is 1. The summed E-state index contributed by atoms with van der Waals surface area (Å²) in [5.41, 5.74) is 1.56. The van der Waals surface area contributed by atoms with Crippen LogP contribution in [-0.4, -0.2) is 46.5 Å². The summed E-state index contributed by atoms with van der Waals surface area (Å²) >= 11 is 0. The average Bonchev–Trinajstić information content (AvgIpc) is 3.40. The van der Waals surface area contributed by atoms with Crippen LogP contribution in [0.5, 0.6) is 0 Å². The minimum absolute atomic E-state index is 0.0757. The molecule has 1 aliphatic heterocycles. The molecule has 2 aliphatic rings. The third kappa shape index (κ3) is 2.93. The second-order valence-electron chi connectivity index (χ2n) is 6.97.